The number of hydrogen-bond donors (Lipinski definition) is 1. The minimum atomic E-state index is -0.778. The Morgan fingerprint density at radius 1 is 1.08 bits per heavy atom. The number of nitrogens with zero attached hydrogens (tertiary/aromatic N) is 1. The zero-order valence-electron chi connectivity index (χ0n) is 15.7. The number of aryl methyl sites for hydroxylation is 2. The lowest BCUT2D eigenvalue weighted by atomic mass is 10.1. The first-order valence-corrected chi connectivity index (χ1v) is 9.62. The molecule has 0 fully saturated rings. The zero-order chi connectivity index (χ0) is 18.9. The fourth-order valence-corrected chi connectivity index (χ4v) is 3.16. The SMILES string of the molecule is CCCCc1ccc(CN(CCC(=O)O)Cc2cc(C)ccc2Cl)cc1. The fraction of sp³-hybridized carbons (Fsp3) is 0.409. The van der Waals surface area contributed by atoms with E-state index >= 15 is 0 Å². The summed E-state index contributed by atoms with van der Waals surface area (Å²) >= 11 is 6.33. The number of carboxylic acids is 1. The molecule has 0 aliphatic heterocycles. The molecular formula is C22H28ClNO2. The zero-order valence-corrected chi connectivity index (χ0v) is 16.4. The maximum atomic E-state index is 11.0. The van der Waals surface area contributed by atoms with Crippen molar-refractivity contribution in [2.24, 2.45) is 0 Å². The Morgan fingerprint density at radius 2 is 1.77 bits per heavy atom. The van der Waals surface area contributed by atoms with Crippen molar-refractivity contribution in [3.8, 4) is 0 Å². The van der Waals surface area contributed by atoms with Crippen LogP contribution in [0.25, 0.3) is 0 Å². The molecule has 0 unspecified atom stereocenters. The van der Waals surface area contributed by atoms with Gasteiger partial charge in [-0.3, -0.25) is 9.69 Å². The van der Waals surface area contributed by atoms with E-state index in [1.54, 1.807) is 0 Å². The van der Waals surface area contributed by atoms with Gasteiger partial charge in [-0.25, -0.2) is 0 Å². The molecule has 1 N–H and O–H groups in total. The van der Waals surface area contributed by atoms with E-state index in [1.807, 2.05) is 19.1 Å². The summed E-state index contributed by atoms with van der Waals surface area (Å²) in [5, 5.41) is 9.79. The lowest BCUT2D eigenvalue weighted by Crippen LogP contribution is -2.26. The molecule has 0 atom stereocenters. The smallest absolute Gasteiger partial charge is 0.304 e. The van der Waals surface area contributed by atoms with Gasteiger partial charge in [0.1, 0.15) is 0 Å². The van der Waals surface area contributed by atoms with Crippen LogP contribution in [0.15, 0.2) is 42.5 Å². The summed E-state index contributed by atoms with van der Waals surface area (Å²) in [6.07, 6.45) is 3.63. The van der Waals surface area contributed by atoms with Gasteiger partial charge < -0.3 is 5.11 Å². The number of aliphatic carboxylic acids is 1. The monoisotopic (exact) mass is 373 g/mol. The number of unbranched alkanes of at least 4 members (excludes halogenated alkanes) is 1. The normalized spacial score (nSPS) is 11.1. The predicted molar refractivity (Wildman–Crippen MR) is 108 cm³/mol. The molecular weight excluding hydrogens is 346 g/mol. The van der Waals surface area contributed by atoms with Crippen LogP contribution >= 0.6 is 11.6 Å². The highest BCUT2D eigenvalue weighted by atomic mass is 35.5. The highest BCUT2D eigenvalue weighted by molar-refractivity contribution is 6.31. The summed E-state index contributed by atoms with van der Waals surface area (Å²) in [5.74, 6) is -0.778. The second-order valence-electron chi connectivity index (χ2n) is 6.87. The van der Waals surface area contributed by atoms with Crippen LogP contribution < -0.4 is 0 Å². The van der Waals surface area contributed by atoms with Gasteiger partial charge in [0.2, 0.25) is 0 Å². The second-order valence-corrected chi connectivity index (χ2v) is 7.28. The van der Waals surface area contributed by atoms with E-state index in [0.29, 0.717) is 19.6 Å². The number of hydrogen-bond acceptors (Lipinski definition) is 2. The maximum absolute atomic E-state index is 11.0. The van der Waals surface area contributed by atoms with Gasteiger partial charge in [-0.1, -0.05) is 66.9 Å². The van der Waals surface area contributed by atoms with E-state index < -0.39 is 5.97 Å². The molecule has 0 heterocycles. The maximum Gasteiger partial charge on any atom is 0.304 e. The quantitative estimate of drug-likeness (QED) is 0.600. The number of benzene rings is 2. The Hall–Kier alpha value is -1.84. The van der Waals surface area contributed by atoms with Gasteiger partial charge >= 0.3 is 5.97 Å². The summed E-state index contributed by atoms with van der Waals surface area (Å²) in [5.41, 5.74) is 4.74. The standard InChI is InChI=1S/C22H28ClNO2/c1-3-4-5-18-7-9-19(10-8-18)15-24(13-12-22(25)26)16-20-14-17(2)6-11-21(20)23/h6-11,14H,3-5,12-13,15-16H2,1-2H3,(H,25,26). The van der Waals surface area contributed by atoms with Crippen molar-refractivity contribution in [2.45, 2.75) is 52.6 Å². The van der Waals surface area contributed by atoms with Crippen molar-refractivity contribution in [3.63, 3.8) is 0 Å². The van der Waals surface area contributed by atoms with Crippen LogP contribution in [0.2, 0.25) is 5.02 Å². The molecule has 0 radical (unpaired) electrons. The molecule has 2 rings (SSSR count). The Balaban J connectivity index is 2.08. The Labute approximate surface area is 161 Å². The molecule has 0 aliphatic carbocycles. The molecule has 26 heavy (non-hydrogen) atoms. The van der Waals surface area contributed by atoms with Crippen molar-refractivity contribution in [2.75, 3.05) is 6.54 Å². The van der Waals surface area contributed by atoms with Gasteiger partial charge in [0.15, 0.2) is 0 Å². The molecule has 140 valence electrons. The van der Waals surface area contributed by atoms with Crippen LogP contribution in [0.3, 0.4) is 0 Å². The van der Waals surface area contributed by atoms with Crippen LogP contribution in [0.5, 0.6) is 0 Å². The summed E-state index contributed by atoms with van der Waals surface area (Å²) in [7, 11) is 0. The molecule has 2 aromatic carbocycles. The fourth-order valence-electron chi connectivity index (χ4n) is 2.98. The van der Waals surface area contributed by atoms with Gasteiger partial charge in [0, 0.05) is 24.7 Å². The van der Waals surface area contributed by atoms with Crippen LogP contribution in [-0.2, 0) is 24.3 Å². The van der Waals surface area contributed by atoms with Crippen molar-refractivity contribution >= 4 is 17.6 Å². The number of carboxylic acid groups (broad SMARTS) is 1. The van der Waals surface area contributed by atoms with E-state index in [1.165, 1.54) is 24.0 Å². The third-order valence-electron chi connectivity index (χ3n) is 4.49. The number of rotatable bonds is 10. The predicted octanol–water partition coefficient (Wildman–Crippen LogP) is 5.47. The topological polar surface area (TPSA) is 40.5 Å². The molecule has 0 bridgehead atoms. The van der Waals surface area contributed by atoms with Gasteiger partial charge in [-0.2, -0.15) is 0 Å². The van der Waals surface area contributed by atoms with Gasteiger partial charge in [0.05, 0.1) is 6.42 Å². The third kappa shape index (κ3) is 6.81. The molecule has 3 nitrogen and oxygen atoms in total. The van der Waals surface area contributed by atoms with Gasteiger partial charge in [-0.15, -0.1) is 0 Å². The Bertz CT molecular complexity index is 713. The van der Waals surface area contributed by atoms with Gasteiger partial charge in [0.25, 0.3) is 0 Å². The highest BCUT2D eigenvalue weighted by Crippen LogP contribution is 2.21. The molecule has 0 aliphatic rings. The molecule has 0 saturated carbocycles. The number of halogens is 1. The van der Waals surface area contributed by atoms with E-state index in [0.717, 1.165) is 22.6 Å². The van der Waals surface area contributed by atoms with Crippen molar-refractivity contribution in [3.05, 3.63) is 69.7 Å². The van der Waals surface area contributed by atoms with Gasteiger partial charge in [-0.05, 0) is 42.5 Å². The lowest BCUT2D eigenvalue weighted by molar-refractivity contribution is -0.137. The minimum absolute atomic E-state index is 0.123. The summed E-state index contributed by atoms with van der Waals surface area (Å²) in [6, 6.07) is 14.6. The molecule has 0 spiro atoms. The van der Waals surface area contributed by atoms with E-state index in [4.69, 9.17) is 16.7 Å². The second kappa shape index (κ2) is 10.3. The van der Waals surface area contributed by atoms with Crippen LogP contribution in [0.1, 0.15) is 48.4 Å². The Morgan fingerprint density at radius 3 is 2.42 bits per heavy atom. The van der Waals surface area contributed by atoms with Crippen molar-refractivity contribution < 1.29 is 9.90 Å². The summed E-state index contributed by atoms with van der Waals surface area (Å²) in [4.78, 5) is 13.2. The minimum Gasteiger partial charge on any atom is -0.481 e. The first-order valence-electron chi connectivity index (χ1n) is 9.25. The van der Waals surface area contributed by atoms with E-state index in [9.17, 15) is 4.79 Å². The largest absolute Gasteiger partial charge is 0.481 e. The highest BCUT2D eigenvalue weighted by Gasteiger charge is 2.12. The third-order valence-corrected chi connectivity index (χ3v) is 4.85. The number of carbonyl (C=O) groups is 1. The molecule has 0 aromatic heterocycles. The molecule has 4 heteroatoms. The van der Waals surface area contributed by atoms with Crippen LogP contribution in [-0.4, -0.2) is 22.5 Å². The average molecular weight is 374 g/mol. The summed E-state index contributed by atoms with van der Waals surface area (Å²) < 4.78 is 0. The van der Waals surface area contributed by atoms with Crippen LogP contribution in [0, 0.1) is 6.92 Å². The lowest BCUT2D eigenvalue weighted by Gasteiger charge is -2.23. The average Bonchev–Trinajstić information content (AvgIpc) is 2.62. The van der Waals surface area contributed by atoms with E-state index in [2.05, 4.69) is 42.2 Å². The van der Waals surface area contributed by atoms with Crippen molar-refractivity contribution in [1.29, 1.82) is 0 Å². The summed E-state index contributed by atoms with van der Waals surface area (Å²) in [6.45, 7) is 6.09. The Kier molecular flexibility index (Phi) is 8.14. The molecule has 0 saturated heterocycles. The molecule has 0 amide bonds. The molecule has 2 aromatic rings. The van der Waals surface area contributed by atoms with E-state index in [-0.39, 0.29) is 6.42 Å². The van der Waals surface area contributed by atoms with Crippen LogP contribution in [0.4, 0.5) is 0 Å². The van der Waals surface area contributed by atoms with Crippen molar-refractivity contribution in [1.82, 2.24) is 4.90 Å². The first-order chi connectivity index (χ1) is 12.5. The first kappa shape index (κ1) is 20.5.